The van der Waals surface area contributed by atoms with Crippen molar-refractivity contribution in [2.24, 2.45) is 0 Å². The monoisotopic (exact) mass is 308 g/mol. The molecule has 1 heterocycles. The molecule has 0 saturated heterocycles. The highest BCUT2D eigenvalue weighted by Crippen LogP contribution is 2.20. The van der Waals surface area contributed by atoms with Gasteiger partial charge in [-0.3, -0.25) is 4.79 Å². The van der Waals surface area contributed by atoms with E-state index in [1.165, 1.54) is 7.11 Å². The number of aromatic nitrogens is 1. The van der Waals surface area contributed by atoms with Crippen molar-refractivity contribution in [2.75, 3.05) is 12.4 Å². The number of benzene rings is 2. The van der Waals surface area contributed by atoms with Crippen LogP contribution < -0.4 is 5.32 Å². The largest absolute Gasteiger partial charge is 0.465 e. The first kappa shape index (κ1) is 14.8. The van der Waals surface area contributed by atoms with Gasteiger partial charge in [0.15, 0.2) is 0 Å². The molecular formula is C18H16N2O3. The number of anilines is 1. The number of amides is 1. The number of hydrogen-bond acceptors (Lipinski definition) is 3. The lowest BCUT2D eigenvalue weighted by molar-refractivity contribution is 0.0602. The molecule has 0 spiro atoms. The highest BCUT2D eigenvalue weighted by atomic mass is 16.5. The Bertz CT molecular complexity index is 896. The zero-order valence-electron chi connectivity index (χ0n) is 12.8. The fraction of sp³-hybridized carbons (Fsp3) is 0.111. The molecule has 1 aromatic heterocycles. The van der Waals surface area contributed by atoms with Crippen molar-refractivity contribution in [3.05, 3.63) is 65.4 Å². The number of carbonyl (C=O) groups excluding carboxylic acids is 2. The third-order valence-electron chi connectivity index (χ3n) is 3.60. The number of fused-ring (bicyclic) bond motifs is 1. The molecule has 2 N–H and O–H groups in total. The summed E-state index contributed by atoms with van der Waals surface area (Å²) < 4.78 is 4.73. The standard InChI is InChI=1S/C18H16N2O3/c1-11-7-8-12-10-16(19-15(12)9-11)17(21)20-14-6-4-3-5-13(14)18(22)23-2/h3-10,19H,1-2H3,(H,20,21). The Kier molecular flexibility index (Phi) is 3.85. The van der Waals surface area contributed by atoms with Crippen molar-refractivity contribution < 1.29 is 14.3 Å². The number of rotatable bonds is 3. The number of carbonyl (C=O) groups is 2. The fourth-order valence-corrected chi connectivity index (χ4v) is 2.43. The van der Waals surface area contributed by atoms with Gasteiger partial charge < -0.3 is 15.0 Å². The number of para-hydroxylation sites is 1. The maximum Gasteiger partial charge on any atom is 0.339 e. The number of esters is 1. The number of ether oxygens (including phenoxy) is 1. The van der Waals surface area contributed by atoms with Crippen LogP contribution >= 0.6 is 0 Å². The van der Waals surface area contributed by atoms with Crippen LogP contribution in [-0.4, -0.2) is 24.0 Å². The Morgan fingerprint density at radius 1 is 1.09 bits per heavy atom. The van der Waals surface area contributed by atoms with Crippen molar-refractivity contribution >= 4 is 28.5 Å². The molecule has 1 amide bonds. The molecule has 23 heavy (non-hydrogen) atoms. The summed E-state index contributed by atoms with van der Waals surface area (Å²) in [5, 5.41) is 3.71. The van der Waals surface area contributed by atoms with Gasteiger partial charge in [-0.05, 0) is 36.8 Å². The van der Waals surface area contributed by atoms with E-state index in [-0.39, 0.29) is 5.91 Å². The van der Waals surface area contributed by atoms with E-state index >= 15 is 0 Å². The second-order valence-electron chi connectivity index (χ2n) is 5.27. The SMILES string of the molecule is COC(=O)c1ccccc1NC(=O)c1cc2ccc(C)cc2[nH]1. The van der Waals surface area contributed by atoms with Crippen molar-refractivity contribution in [1.29, 1.82) is 0 Å². The van der Waals surface area contributed by atoms with Crippen LogP contribution in [-0.2, 0) is 4.74 Å². The average Bonchev–Trinajstić information content (AvgIpc) is 2.98. The molecule has 0 radical (unpaired) electrons. The minimum absolute atomic E-state index is 0.310. The fourth-order valence-electron chi connectivity index (χ4n) is 2.43. The molecule has 3 aromatic rings. The van der Waals surface area contributed by atoms with Crippen molar-refractivity contribution in [3.8, 4) is 0 Å². The summed E-state index contributed by atoms with van der Waals surface area (Å²) in [5.74, 6) is -0.802. The Balaban J connectivity index is 1.90. The molecule has 116 valence electrons. The molecule has 0 bridgehead atoms. The van der Waals surface area contributed by atoms with Crippen molar-refractivity contribution in [3.63, 3.8) is 0 Å². The number of aromatic amines is 1. The van der Waals surface area contributed by atoms with Crippen LogP contribution in [0, 0.1) is 6.92 Å². The van der Waals surface area contributed by atoms with Gasteiger partial charge in [0.25, 0.3) is 5.91 Å². The first-order chi connectivity index (χ1) is 11.1. The first-order valence-electron chi connectivity index (χ1n) is 7.16. The Labute approximate surface area is 133 Å². The molecule has 5 nitrogen and oxygen atoms in total. The highest BCUT2D eigenvalue weighted by molar-refractivity contribution is 6.09. The zero-order valence-corrected chi connectivity index (χ0v) is 12.8. The van der Waals surface area contributed by atoms with E-state index < -0.39 is 5.97 Å². The predicted octanol–water partition coefficient (Wildman–Crippen LogP) is 3.52. The summed E-state index contributed by atoms with van der Waals surface area (Å²) in [7, 11) is 1.31. The lowest BCUT2D eigenvalue weighted by Crippen LogP contribution is -2.15. The van der Waals surface area contributed by atoms with E-state index in [0.717, 1.165) is 16.5 Å². The Morgan fingerprint density at radius 2 is 1.87 bits per heavy atom. The van der Waals surface area contributed by atoms with Gasteiger partial charge in [0.2, 0.25) is 0 Å². The number of aryl methyl sites for hydroxylation is 1. The van der Waals surface area contributed by atoms with E-state index in [9.17, 15) is 9.59 Å². The number of methoxy groups -OCH3 is 1. The predicted molar refractivity (Wildman–Crippen MR) is 88.8 cm³/mol. The van der Waals surface area contributed by atoms with Crippen LogP contribution in [0.1, 0.15) is 26.4 Å². The quantitative estimate of drug-likeness (QED) is 0.727. The first-order valence-corrected chi connectivity index (χ1v) is 7.16. The summed E-state index contributed by atoms with van der Waals surface area (Å²) in [6.07, 6.45) is 0. The van der Waals surface area contributed by atoms with Gasteiger partial charge in [-0.25, -0.2) is 4.79 Å². The van der Waals surface area contributed by atoms with Crippen molar-refractivity contribution in [1.82, 2.24) is 4.98 Å². The summed E-state index contributed by atoms with van der Waals surface area (Å²) in [5.41, 5.74) is 3.18. The number of H-pyrrole nitrogens is 1. The summed E-state index contributed by atoms with van der Waals surface area (Å²) >= 11 is 0. The lowest BCUT2D eigenvalue weighted by Gasteiger charge is -2.08. The van der Waals surface area contributed by atoms with Gasteiger partial charge in [0.05, 0.1) is 18.4 Å². The third-order valence-corrected chi connectivity index (χ3v) is 3.60. The van der Waals surface area contributed by atoms with Crippen LogP contribution in [0.5, 0.6) is 0 Å². The summed E-state index contributed by atoms with van der Waals surface area (Å²) in [6, 6.07) is 14.4. The van der Waals surface area contributed by atoms with E-state index in [4.69, 9.17) is 4.74 Å². The van der Waals surface area contributed by atoms with E-state index in [1.54, 1.807) is 30.3 Å². The molecule has 0 fully saturated rings. The second kappa shape index (κ2) is 5.96. The van der Waals surface area contributed by atoms with Crippen LogP contribution in [0.25, 0.3) is 10.9 Å². The topological polar surface area (TPSA) is 71.2 Å². The van der Waals surface area contributed by atoms with E-state index in [0.29, 0.717) is 16.9 Å². The molecule has 3 rings (SSSR count). The van der Waals surface area contributed by atoms with Gasteiger partial charge in [0.1, 0.15) is 5.69 Å². The normalized spacial score (nSPS) is 10.5. The molecule has 0 atom stereocenters. The maximum absolute atomic E-state index is 12.4. The van der Waals surface area contributed by atoms with Gasteiger partial charge in [-0.2, -0.15) is 0 Å². The zero-order chi connectivity index (χ0) is 16.4. The van der Waals surface area contributed by atoms with Gasteiger partial charge in [0, 0.05) is 10.9 Å². The van der Waals surface area contributed by atoms with Crippen LogP contribution in [0.4, 0.5) is 5.69 Å². The minimum Gasteiger partial charge on any atom is -0.465 e. The number of nitrogens with one attached hydrogen (secondary N) is 2. The van der Waals surface area contributed by atoms with Crippen LogP contribution in [0.2, 0.25) is 0 Å². The number of hydrogen-bond donors (Lipinski definition) is 2. The van der Waals surface area contributed by atoms with Gasteiger partial charge in [-0.1, -0.05) is 24.3 Å². The molecule has 0 aliphatic heterocycles. The third kappa shape index (κ3) is 2.94. The Hall–Kier alpha value is -3.08. The average molecular weight is 308 g/mol. The van der Waals surface area contributed by atoms with E-state index in [1.807, 2.05) is 25.1 Å². The molecule has 0 aliphatic rings. The van der Waals surface area contributed by atoms with Crippen LogP contribution in [0.3, 0.4) is 0 Å². The molecule has 0 aliphatic carbocycles. The van der Waals surface area contributed by atoms with Gasteiger partial charge in [-0.15, -0.1) is 0 Å². The van der Waals surface area contributed by atoms with Gasteiger partial charge >= 0.3 is 5.97 Å². The van der Waals surface area contributed by atoms with Crippen LogP contribution in [0.15, 0.2) is 48.5 Å². The molecule has 2 aromatic carbocycles. The van der Waals surface area contributed by atoms with Crippen molar-refractivity contribution in [2.45, 2.75) is 6.92 Å². The maximum atomic E-state index is 12.4. The summed E-state index contributed by atoms with van der Waals surface area (Å²) in [4.78, 5) is 27.3. The lowest BCUT2D eigenvalue weighted by atomic mass is 10.1. The second-order valence-corrected chi connectivity index (χ2v) is 5.27. The minimum atomic E-state index is -0.492. The Morgan fingerprint density at radius 3 is 2.65 bits per heavy atom. The molecular weight excluding hydrogens is 292 g/mol. The summed E-state index contributed by atoms with van der Waals surface area (Å²) in [6.45, 7) is 1.99. The molecule has 5 heteroatoms. The van der Waals surface area contributed by atoms with E-state index in [2.05, 4.69) is 10.3 Å². The smallest absolute Gasteiger partial charge is 0.339 e. The highest BCUT2D eigenvalue weighted by Gasteiger charge is 2.15. The molecule has 0 saturated carbocycles. The molecule has 0 unspecified atom stereocenters.